The second kappa shape index (κ2) is 10.8. The van der Waals surface area contributed by atoms with E-state index in [1.165, 1.54) is 19.3 Å². The van der Waals surface area contributed by atoms with Gasteiger partial charge in [-0.25, -0.2) is 0 Å². The van der Waals surface area contributed by atoms with Crippen LogP contribution in [0.15, 0.2) is 30.3 Å². The van der Waals surface area contributed by atoms with Crippen molar-refractivity contribution in [2.24, 2.45) is 29.6 Å². The molecule has 4 fully saturated rings. The summed E-state index contributed by atoms with van der Waals surface area (Å²) in [6, 6.07) is 9.69. The summed E-state index contributed by atoms with van der Waals surface area (Å²) in [7, 11) is 0. The van der Waals surface area contributed by atoms with Crippen molar-refractivity contribution < 1.29 is 23.8 Å². The van der Waals surface area contributed by atoms with Gasteiger partial charge in [0.15, 0.2) is 0 Å². The van der Waals surface area contributed by atoms with Gasteiger partial charge in [-0.1, -0.05) is 69.9 Å². The van der Waals surface area contributed by atoms with Crippen LogP contribution in [0.3, 0.4) is 0 Å². The van der Waals surface area contributed by atoms with Crippen LogP contribution in [0.1, 0.15) is 70.8 Å². The molecule has 1 aliphatic heterocycles. The first-order valence-corrected chi connectivity index (χ1v) is 12.7. The van der Waals surface area contributed by atoms with Gasteiger partial charge in [0.25, 0.3) is 0 Å². The quantitative estimate of drug-likeness (QED) is 0.249. The van der Waals surface area contributed by atoms with Gasteiger partial charge in [0.1, 0.15) is 6.61 Å². The zero-order chi connectivity index (χ0) is 22.5. The number of esters is 2. The van der Waals surface area contributed by atoms with Crippen molar-refractivity contribution in [1.29, 1.82) is 0 Å². The van der Waals surface area contributed by atoms with Crippen LogP contribution in [0.4, 0.5) is 0 Å². The molecule has 2 bridgehead atoms. The van der Waals surface area contributed by atoms with Crippen LogP contribution in [0.25, 0.3) is 0 Å². The van der Waals surface area contributed by atoms with Crippen molar-refractivity contribution in [3.05, 3.63) is 35.9 Å². The highest BCUT2D eigenvalue weighted by atomic mass is 16.6. The molecule has 5 nitrogen and oxygen atoms in total. The van der Waals surface area contributed by atoms with Gasteiger partial charge < -0.3 is 14.2 Å². The number of hydrogen-bond acceptors (Lipinski definition) is 5. The van der Waals surface area contributed by atoms with E-state index in [9.17, 15) is 9.59 Å². The minimum absolute atomic E-state index is 0.0711. The molecule has 7 atom stereocenters. The number of epoxide rings is 1. The SMILES string of the molecule is CCCCCC(CCC)COC(=O)C1C2CCC(C3OC23)C1C(=O)OCc1ccccc1. The monoisotopic (exact) mass is 442 g/mol. The summed E-state index contributed by atoms with van der Waals surface area (Å²) in [5.74, 6) is -0.806. The maximum Gasteiger partial charge on any atom is 0.310 e. The third kappa shape index (κ3) is 5.19. The fraction of sp³-hybridized carbons (Fsp3) is 0.704. The normalized spacial score (nSPS) is 30.9. The highest BCUT2D eigenvalue weighted by molar-refractivity contribution is 5.83. The highest BCUT2D eigenvalue weighted by Crippen LogP contribution is 2.58. The molecule has 3 aliphatic carbocycles. The summed E-state index contributed by atoms with van der Waals surface area (Å²) in [6.45, 7) is 5.08. The van der Waals surface area contributed by atoms with E-state index in [-0.39, 0.29) is 42.6 Å². The molecule has 7 unspecified atom stereocenters. The summed E-state index contributed by atoms with van der Waals surface area (Å²) in [5.41, 5.74) is 0.955. The molecule has 1 aromatic carbocycles. The predicted molar refractivity (Wildman–Crippen MR) is 122 cm³/mol. The molecule has 1 heterocycles. The Morgan fingerprint density at radius 3 is 2.19 bits per heavy atom. The van der Waals surface area contributed by atoms with Gasteiger partial charge >= 0.3 is 11.9 Å². The topological polar surface area (TPSA) is 65.1 Å². The summed E-state index contributed by atoms with van der Waals surface area (Å²) < 4.78 is 17.5. The standard InChI is InChI=1S/C27H38O5/c1-3-5-7-11-18(10-4-2)16-30-26(28)22-20-14-15-21(25-24(20)32-25)23(22)27(29)31-17-19-12-8-6-9-13-19/h6,8-9,12-13,18,20-25H,3-5,7,10-11,14-17H2,1-2H3. The van der Waals surface area contributed by atoms with Gasteiger partial charge in [-0.15, -0.1) is 0 Å². The lowest BCUT2D eigenvalue weighted by molar-refractivity contribution is -0.172. The van der Waals surface area contributed by atoms with E-state index < -0.39 is 11.8 Å². The first kappa shape index (κ1) is 23.3. The van der Waals surface area contributed by atoms with Crippen LogP contribution < -0.4 is 0 Å². The van der Waals surface area contributed by atoms with E-state index in [4.69, 9.17) is 14.2 Å². The second-order valence-electron chi connectivity index (χ2n) is 9.90. The third-order valence-electron chi connectivity index (χ3n) is 7.69. The molecule has 1 saturated heterocycles. The number of carbonyl (C=O) groups excluding carboxylic acids is 2. The van der Waals surface area contributed by atoms with E-state index in [1.807, 2.05) is 30.3 Å². The van der Waals surface area contributed by atoms with Crippen LogP contribution >= 0.6 is 0 Å². The van der Waals surface area contributed by atoms with Gasteiger partial charge in [0, 0.05) is 11.8 Å². The Labute approximate surface area is 192 Å². The van der Waals surface area contributed by atoms with Crippen LogP contribution in [0.2, 0.25) is 0 Å². The molecule has 0 amide bonds. The Hall–Kier alpha value is -1.88. The van der Waals surface area contributed by atoms with E-state index >= 15 is 0 Å². The van der Waals surface area contributed by atoms with Gasteiger partial charge in [-0.05, 0) is 37.2 Å². The van der Waals surface area contributed by atoms with Gasteiger partial charge in [-0.3, -0.25) is 9.59 Å². The lowest BCUT2D eigenvalue weighted by Gasteiger charge is -2.43. The number of ether oxygens (including phenoxy) is 3. The average Bonchev–Trinajstić information content (AvgIpc) is 3.64. The molecule has 5 rings (SSSR count). The van der Waals surface area contributed by atoms with Crippen molar-refractivity contribution in [2.45, 2.75) is 84.0 Å². The van der Waals surface area contributed by atoms with E-state index in [0.717, 1.165) is 37.7 Å². The third-order valence-corrected chi connectivity index (χ3v) is 7.69. The van der Waals surface area contributed by atoms with Crippen LogP contribution in [-0.2, 0) is 30.4 Å². The van der Waals surface area contributed by atoms with E-state index in [1.54, 1.807) is 0 Å². The Bertz CT molecular complexity index is 763. The van der Waals surface area contributed by atoms with Crippen molar-refractivity contribution in [2.75, 3.05) is 6.61 Å². The lowest BCUT2D eigenvalue weighted by atomic mass is 9.58. The fourth-order valence-corrected chi connectivity index (χ4v) is 6.01. The number of rotatable bonds is 12. The molecule has 1 aromatic rings. The molecule has 0 radical (unpaired) electrons. The Morgan fingerprint density at radius 1 is 0.906 bits per heavy atom. The lowest BCUT2D eigenvalue weighted by Crippen LogP contribution is -2.52. The number of carbonyl (C=O) groups is 2. The smallest absolute Gasteiger partial charge is 0.310 e. The summed E-state index contributed by atoms with van der Waals surface area (Å²) in [4.78, 5) is 26.5. The first-order chi connectivity index (χ1) is 15.6. The largest absolute Gasteiger partial charge is 0.465 e. The Kier molecular flexibility index (Phi) is 7.88. The maximum atomic E-state index is 13.3. The molecular formula is C27H38O5. The van der Waals surface area contributed by atoms with Crippen LogP contribution in [0, 0.1) is 29.6 Å². The highest BCUT2D eigenvalue weighted by Gasteiger charge is 2.67. The van der Waals surface area contributed by atoms with E-state index in [2.05, 4.69) is 13.8 Å². The van der Waals surface area contributed by atoms with Crippen molar-refractivity contribution in [3.8, 4) is 0 Å². The average molecular weight is 443 g/mol. The molecule has 0 N–H and O–H groups in total. The van der Waals surface area contributed by atoms with Crippen molar-refractivity contribution in [3.63, 3.8) is 0 Å². The molecule has 32 heavy (non-hydrogen) atoms. The number of fused-ring (bicyclic) bond motifs is 2. The minimum atomic E-state index is -0.446. The Balaban J connectivity index is 1.39. The molecule has 4 aliphatic rings. The van der Waals surface area contributed by atoms with Crippen molar-refractivity contribution in [1.82, 2.24) is 0 Å². The number of unbranched alkanes of at least 4 members (excludes halogenated alkanes) is 2. The second-order valence-corrected chi connectivity index (χ2v) is 9.90. The Morgan fingerprint density at radius 2 is 1.56 bits per heavy atom. The summed E-state index contributed by atoms with van der Waals surface area (Å²) >= 11 is 0. The molecular weight excluding hydrogens is 404 g/mol. The van der Waals surface area contributed by atoms with E-state index in [0.29, 0.717) is 12.5 Å². The molecule has 0 spiro atoms. The van der Waals surface area contributed by atoms with Gasteiger partial charge in [0.2, 0.25) is 0 Å². The van der Waals surface area contributed by atoms with Crippen LogP contribution in [0.5, 0.6) is 0 Å². The summed E-state index contributed by atoms with van der Waals surface area (Å²) in [5, 5.41) is 0. The fourth-order valence-electron chi connectivity index (χ4n) is 6.01. The molecule has 3 saturated carbocycles. The molecule has 5 heteroatoms. The number of benzene rings is 1. The predicted octanol–water partition coefficient (Wildman–Crippen LogP) is 5.31. The van der Waals surface area contributed by atoms with Gasteiger partial charge in [-0.2, -0.15) is 0 Å². The van der Waals surface area contributed by atoms with Crippen molar-refractivity contribution >= 4 is 11.9 Å². The summed E-state index contributed by atoms with van der Waals surface area (Å²) in [6.07, 6.45) is 8.96. The minimum Gasteiger partial charge on any atom is -0.465 e. The van der Waals surface area contributed by atoms with Gasteiger partial charge in [0.05, 0.1) is 30.7 Å². The molecule has 176 valence electrons. The van der Waals surface area contributed by atoms with Crippen LogP contribution in [-0.4, -0.2) is 30.8 Å². The molecule has 0 aromatic heterocycles. The zero-order valence-electron chi connectivity index (χ0n) is 19.5. The number of hydrogen-bond donors (Lipinski definition) is 0. The first-order valence-electron chi connectivity index (χ1n) is 12.7. The zero-order valence-corrected chi connectivity index (χ0v) is 19.5. The maximum absolute atomic E-state index is 13.3.